The summed E-state index contributed by atoms with van der Waals surface area (Å²) in [4.78, 5) is 12.2. The largest absolute Gasteiger partial charge is 0.465 e. The fourth-order valence-corrected chi connectivity index (χ4v) is 3.67. The van der Waals surface area contributed by atoms with Crippen LogP contribution in [-0.4, -0.2) is 18.1 Å². The average molecular weight is 245 g/mol. The molecular weight excluding hydrogens is 226 g/mol. The Labute approximate surface area is 107 Å². The van der Waals surface area contributed by atoms with Crippen LogP contribution in [-0.2, 0) is 9.53 Å². The molecule has 3 nitrogen and oxygen atoms in total. The molecule has 0 spiro atoms. The van der Waals surface area contributed by atoms with Crippen LogP contribution in [0.2, 0.25) is 0 Å². The van der Waals surface area contributed by atoms with Crippen LogP contribution >= 0.6 is 0 Å². The number of carbonyl (C=O) groups excluding carboxylic acids is 1. The Morgan fingerprint density at radius 3 is 2.83 bits per heavy atom. The number of hydrogen-bond donors (Lipinski definition) is 1. The van der Waals surface area contributed by atoms with E-state index < -0.39 is 5.54 Å². The Balaban J connectivity index is 2.02. The van der Waals surface area contributed by atoms with Crippen molar-refractivity contribution in [3.8, 4) is 0 Å². The van der Waals surface area contributed by atoms with Gasteiger partial charge in [-0.1, -0.05) is 24.3 Å². The molecule has 0 saturated heterocycles. The number of hydrogen-bond acceptors (Lipinski definition) is 3. The van der Waals surface area contributed by atoms with E-state index in [9.17, 15) is 4.79 Å². The second-order valence-corrected chi connectivity index (χ2v) is 5.42. The van der Waals surface area contributed by atoms with Gasteiger partial charge in [0.1, 0.15) is 5.54 Å². The molecule has 1 aromatic rings. The van der Waals surface area contributed by atoms with Gasteiger partial charge in [-0.15, -0.1) is 0 Å². The molecule has 1 saturated carbocycles. The van der Waals surface area contributed by atoms with E-state index >= 15 is 0 Å². The minimum absolute atomic E-state index is 0.123. The Morgan fingerprint density at radius 2 is 2.11 bits per heavy atom. The molecule has 0 heterocycles. The summed E-state index contributed by atoms with van der Waals surface area (Å²) < 4.78 is 5.19. The van der Waals surface area contributed by atoms with Gasteiger partial charge in [-0.2, -0.15) is 0 Å². The Kier molecular flexibility index (Phi) is 2.67. The lowest BCUT2D eigenvalue weighted by Gasteiger charge is -2.48. The first-order valence-corrected chi connectivity index (χ1v) is 6.71. The molecule has 3 atom stereocenters. The van der Waals surface area contributed by atoms with Gasteiger partial charge in [0.25, 0.3) is 0 Å². The quantitative estimate of drug-likeness (QED) is 0.813. The van der Waals surface area contributed by atoms with Gasteiger partial charge in [-0.3, -0.25) is 4.79 Å². The van der Waals surface area contributed by atoms with Crippen molar-refractivity contribution < 1.29 is 9.53 Å². The lowest BCUT2D eigenvalue weighted by atomic mass is 9.58. The van der Waals surface area contributed by atoms with E-state index in [1.54, 1.807) is 0 Å². The van der Waals surface area contributed by atoms with Gasteiger partial charge in [0.05, 0.1) is 6.61 Å². The molecule has 18 heavy (non-hydrogen) atoms. The van der Waals surface area contributed by atoms with Gasteiger partial charge in [-0.25, -0.2) is 0 Å². The number of fused-ring (bicyclic) bond motifs is 2. The second kappa shape index (κ2) is 4.09. The van der Waals surface area contributed by atoms with Gasteiger partial charge in [0, 0.05) is 5.92 Å². The van der Waals surface area contributed by atoms with Gasteiger partial charge in [0.2, 0.25) is 0 Å². The molecule has 1 aromatic carbocycles. The summed E-state index contributed by atoms with van der Waals surface area (Å²) in [5.74, 6) is 0.313. The lowest BCUT2D eigenvalue weighted by molar-refractivity contribution is -0.152. The minimum Gasteiger partial charge on any atom is -0.465 e. The normalized spacial score (nSPS) is 33.0. The zero-order chi connectivity index (χ0) is 12.8. The molecule has 3 aliphatic rings. The molecule has 4 rings (SSSR count). The monoisotopic (exact) mass is 245 g/mol. The minimum atomic E-state index is -0.812. The van der Waals surface area contributed by atoms with Crippen molar-refractivity contribution in [2.24, 2.45) is 5.73 Å². The molecule has 3 unspecified atom stereocenters. The van der Waals surface area contributed by atoms with Crippen LogP contribution < -0.4 is 5.73 Å². The molecule has 0 amide bonds. The summed E-state index contributed by atoms with van der Waals surface area (Å²) in [5.41, 5.74) is 8.25. The highest BCUT2D eigenvalue weighted by Crippen LogP contribution is 2.53. The number of benzene rings is 1. The number of rotatable bonds is 2. The maximum absolute atomic E-state index is 12.2. The van der Waals surface area contributed by atoms with Crippen molar-refractivity contribution >= 4 is 5.97 Å². The van der Waals surface area contributed by atoms with Gasteiger partial charge in [-0.05, 0) is 43.2 Å². The van der Waals surface area contributed by atoms with E-state index in [4.69, 9.17) is 10.5 Å². The highest BCUT2D eigenvalue weighted by atomic mass is 16.5. The van der Waals surface area contributed by atoms with Crippen LogP contribution in [0.4, 0.5) is 0 Å². The number of ether oxygens (including phenoxy) is 1. The third-order valence-electron chi connectivity index (χ3n) is 4.48. The van der Waals surface area contributed by atoms with E-state index in [-0.39, 0.29) is 11.9 Å². The van der Waals surface area contributed by atoms with Crippen molar-refractivity contribution in [3.05, 3.63) is 35.4 Å². The first-order valence-electron chi connectivity index (χ1n) is 6.71. The van der Waals surface area contributed by atoms with Crippen molar-refractivity contribution in [2.45, 2.75) is 43.6 Å². The fourth-order valence-electron chi connectivity index (χ4n) is 3.67. The summed E-state index contributed by atoms with van der Waals surface area (Å²) >= 11 is 0. The maximum atomic E-state index is 12.2. The van der Waals surface area contributed by atoms with Crippen molar-refractivity contribution in [1.29, 1.82) is 0 Å². The molecule has 0 aromatic heterocycles. The molecule has 3 aliphatic carbocycles. The maximum Gasteiger partial charge on any atom is 0.326 e. The first-order chi connectivity index (χ1) is 8.66. The van der Waals surface area contributed by atoms with Gasteiger partial charge >= 0.3 is 5.97 Å². The van der Waals surface area contributed by atoms with Crippen molar-refractivity contribution in [2.75, 3.05) is 6.61 Å². The zero-order valence-electron chi connectivity index (χ0n) is 10.7. The molecular formula is C15H19NO2. The predicted molar refractivity (Wildman–Crippen MR) is 69.3 cm³/mol. The number of esters is 1. The highest BCUT2D eigenvalue weighted by molar-refractivity contribution is 5.83. The second-order valence-electron chi connectivity index (χ2n) is 5.42. The Hall–Kier alpha value is -1.35. The summed E-state index contributed by atoms with van der Waals surface area (Å²) in [5, 5.41) is 0. The summed E-state index contributed by atoms with van der Waals surface area (Å²) in [6.45, 7) is 2.23. The molecule has 0 radical (unpaired) electrons. The summed E-state index contributed by atoms with van der Waals surface area (Å²) in [6, 6.07) is 8.40. The standard InChI is InChI=1S/C15H19NO2/c1-2-18-14(17)15(16)9-10-7-8-13(15)12-6-4-3-5-11(10)12/h3-6,10,13H,2,7-9,16H2,1H3. The van der Waals surface area contributed by atoms with Crippen LogP contribution in [0.15, 0.2) is 24.3 Å². The number of nitrogens with two attached hydrogens (primary N) is 1. The molecule has 96 valence electrons. The van der Waals surface area contributed by atoms with Crippen molar-refractivity contribution in [3.63, 3.8) is 0 Å². The van der Waals surface area contributed by atoms with Crippen LogP contribution in [0.3, 0.4) is 0 Å². The van der Waals surface area contributed by atoms with Gasteiger partial charge in [0.15, 0.2) is 0 Å². The number of carbonyl (C=O) groups is 1. The highest BCUT2D eigenvalue weighted by Gasteiger charge is 2.53. The molecule has 1 fully saturated rings. The zero-order valence-corrected chi connectivity index (χ0v) is 10.7. The molecule has 2 N–H and O–H groups in total. The fraction of sp³-hybridized carbons (Fsp3) is 0.533. The van der Waals surface area contributed by atoms with E-state index in [1.807, 2.05) is 13.0 Å². The molecule has 2 bridgehead atoms. The van der Waals surface area contributed by atoms with E-state index in [0.717, 1.165) is 19.3 Å². The third kappa shape index (κ3) is 1.50. The lowest BCUT2D eigenvalue weighted by Crippen LogP contribution is -2.58. The topological polar surface area (TPSA) is 52.3 Å². The summed E-state index contributed by atoms with van der Waals surface area (Å²) in [7, 11) is 0. The summed E-state index contributed by atoms with van der Waals surface area (Å²) in [6.07, 6.45) is 2.87. The van der Waals surface area contributed by atoms with E-state index in [1.165, 1.54) is 11.1 Å². The average Bonchev–Trinajstić information content (AvgIpc) is 2.40. The van der Waals surface area contributed by atoms with Crippen LogP contribution in [0.1, 0.15) is 49.1 Å². The van der Waals surface area contributed by atoms with Crippen LogP contribution in [0, 0.1) is 0 Å². The predicted octanol–water partition coefficient (Wildman–Crippen LogP) is 2.31. The molecule has 0 aliphatic heterocycles. The van der Waals surface area contributed by atoms with E-state index in [2.05, 4.69) is 18.2 Å². The Bertz CT molecular complexity index is 485. The third-order valence-corrected chi connectivity index (χ3v) is 4.48. The van der Waals surface area contributed by atoms with Crippen LogP contribution in [0.25, 0.3) is 0 Å². The van der Waals surface area contributed by atoms with Crippen molar-refractivity contribution in [1.82, 2.24) is 0 Å². The SMILES string of the molecule is CCOC(=O)C1(N)CC2CCC1c1ccccc12. The van der Waals surface area contributed by atoms with Crippen LogP contribution in [0.5, 0.6) is 0 Å². The Morgan fingerprint density at radius 1 is 1.39 bits per heavy atom. The smallest absolute Gasteiger partial charge is 0.326 e. The molecule has 3 heteroatoms. The van der Waals surface area contributed by atoms with Gasteiger partial charge < -0.3 is 10.5 Å². The first kappa shape index (κ1) is 11.7. The van der Waals surface area contributed by atoms with E-state index in [0.29, 0.717) is 12.5 Å².